The van der Waals surface area contributed by atoms with Gasteiger partial charge in [0.1, 0.15) is 11.6 Å². The molecule has 9 nitrogen and oxygen atoms in total. The van der Waals surface area contributed by atoms with Gasteiger partial charge in [-0.05, 0) is 34.3 Å². The number of aromatic nitrogens is 5. The fourth-order valence-corrected chi connectivity index (χ4v) is 2.21. The van der Waals surface area contributed by atoms with Gasteiger partial charge in [-0.25, -0.2) is 14.5 Å². The van der Waals surface area contributed by atoms with Gasteiger partial charge in [-0.1, -0.05) is 0 Å². The van der Waals surface area contributed by atoms with Crippen LogP contribution in [0.5, 0.6) is 0 Å². The molecule has 21 heavy (non-hydrogen) atoms. The smallest absolute Gasteiger partial charge is 0.340 e. The van der Waals surface area contributed by atoms with E-state index in [2.05, 4.69) is 30.0 Å². The predicted molar refractivity (Wildman–Crippen MR) is 69.5 cm³/mol. The standard InChI is InChI=1S/C11H11N5O4S/c1-19-8(17)6-16-11(13-14-15-16)21-9-7(10(18)20-2)4-3-5-12-9/h3-5H,6H2,1-2H3. The molecule has 110 valence electrons. The first-order chi connectivity index (χ1) is 10.2. The van der Waals surface area contributed by atoms with Crippen molar-refractivity contribution in [2.45, 2.75) is 16.7 Å². The summed E-state index contributed by atoms with van der Waals surface area (Å²) in [5.41, 5.74) is 0.289. The van der Waals surface area contributed by atoms with Crippen molar-refractivity contribution in [1.29, 1.82) is 0 Å². The number of hydrogen-bond donors (Lipinski definition) is 0. The number of nitrogens with zero attached hydrogens (tertiary/aromatic N) is 5. The summed E-state index contributed by atoms with van der Waals surface area (Å²) in [4.78, 5) is 27.0. The summed E-state index contributed by atoms with van der Waals surface area (Å²) in [6.45, 7) is -0.133. The normalized spacial score (nSPS) is 10.2. The second-order valence-electron chi connectivity index (χ2n) is 3.65. The van der Waals surface area contributed by atoms with Crippen LogP contribution in [0, 0.1) is 0 Å². The summed E-state index contributed by atoms with van der Waals surface area (Å²) >= 11 is 1.05. The van der Waals surface area contributed by atoms with Gasteiger partial charge in [0.05, 0.1) is 19.8 Å². The third-order valence-corrected chi connectivity index (χ3v) is 3.36. The summed E-state index contributed by atoms with van der Waals surface area (Å²) in [6.07, 6.45) is 1.53. The molecule has 0 amide bonds. The van der Waals surface area contributed by atoms with Crippen molar-refractivity contribution in [3.63, 3.8) is 0 Å². The Morgan fingerprint density at radius 2 is 2.14 bits per heavy atom. The minimum absolute atomic E-state index is 0.133. The van der Waals surface area contributed by atoms with Gasteiger partial charge >= 0.3 is 11.9 Å². The van der Waals surface area contributed by atoms with Crippen LogP contribution >= 0.6 is 11.8 Å². The molecular formula is C11H11N5O4S. The molecule has 2 heterocycles. The highest BCUT2D eigenvalue weighted by Gasteiger charge is 2.18. The molecule has 0 aliphatic rings. The Morgan fingerprint density at radius 1 is 1.33 bits per heavy atom. The van der Waals surface area contributed by atoms with E-state index in [0.29, 0.717) is 10.2 Å². The van der Waals surface area contributed by atoms with Crippen LogP contribution in [-0.2, 0) is 20.8 Å². The zero-order chi connectivity index (χ0) is 15.2. The Morgan fingerprint density at radius 3 is 2.86 bits per heavy atom. The van der Waals surface area contributed by atoms with Crippen molar-refractivity contribution in [2.24, 2.45) is 0 Å². The minimum Gasteiger partial charge on any atom is -0.468 e. The summed E-state index contributed by atoms with van der Waals surface area (Å²) in [5, 5.41) is 11.7. The molecule has 0 aliphatic heterocycles. The van der Waals surface area contributed by atoms with Gasteiger partial charge in [0.2, 0.25) is 5.16 Å². The fraction of sp³-hybridized carbons (Fsp3) is 0.273. The summed E-state index contributed by atoms with van der Waals surface area (Å²) < 4.78 is 10.5. The number of pyridine rings is 1. The molecule has 2 aromatic rings. The SMILES string of the molecule is COC(=O)Cn1nnnc1Sc1ncccc1C(=O)OC. The Labute approximate surface area is 123 Å². The van der Waals surface area contributed by atoms with Crippen molar-refractivity contribution in [1.82, 2.24) is 25.2 Å². The summed E-state index contributed by atoms with van der Waals surface area (Å²) in [5.74, 6) is -1.00. The highest BCUT2D eigenvalue weighted by Crippen LogP contribution is 2.26. The van der Waals surface area contributed by atoms with E-state index in [1.807, 2.05) is 0 Å². The number of esters is 2. The third kappa shape index (κ3) is 3.54. The van der Waals surface area contributed by atoms with Crippen LogP contribution in [0.2, 0.25) is 0 Å². The van der Waals surface area contributed by atoms with E-state index in [-0.39, 0.29) is 12.1 Å². The molecule has 10 heteroatoms. The molecule has 0 aliphatic carbocycles. The third-order valence-electron chi connectivity index (χ3n) is 2.37. The Hall–Kier alpha value is -2.49. The molecule has 0 aromatic carbocycles. The highest BCUT2D eigenvalue weighted by atomic mass is 32.2. The molecule has 0 saturated heterocycles. The van der Waals surface area contributed by atoms with Gasteiger partial charge in [-0.3, -0.25) is 4.79 Å². The Kier molecular flexibility index (Phi) is 4.82. The lowest BCUT2D eigenvalue weighted by Crippen LogP contribution is -2.14. The Bertz CT molecular complexity index is 660. The first kappa shape index (κ1) is 14.9. The molecular weight excluding hydrogens is 298 g/mol. The van der Waals surface area contributed by atoms with E-state index in [1.165, 1.54) is 25.1 Å². The molecule has 0 bridgehead atoms. The van der Waals surface area contributed by atoms with Crippen LogP contribution in [0.3, 0.4) is 0 Å². The van der Waals surface area contributed by atoms with Crippen molar-refractivity contribution in [3.8, 4) is 0 Å². The summed E-state index contributed by atoms with van der Waals surface area (Å²) in [7, 11) is 2.55. The highest BCUT2D eigenvalue weighted by molar-refractivity contribution is 7.99. The van der Waals surface area contributed by atoms with Crippen LogP contribution < -0.4 is 0 Å². The number of methoxy groups -OCH3 is 2. The average Bonchev–Trinajstić information content (AvgIpc) is 2.94. The molecule has 0 N–H and O–H groups in total. The molecule has 2 rings (SSSR count). The fourth-order valence-electron chi connectivity index (χ4n) is 1.38. The van der Waals surface area contributed by atoms with E-state index in [4.69, 9.17) is 0 Å². The molecule has 0 radical (unpaired) electrons. The van der Waals surface area contributed by atoms with Crippen LogP contribution in [0.4, 0.5) is 0 Å². The van der Waals surface area contributed by atoms with E-state index >= 15 is 0 Å². The lowest BCUT2D eigenvalue weighted by molar-refractivity contribution is -0.141. The van der Waals surface area contributed by atoms with E-state index in [9.17, 15) is 9.59 Å². The topological polar surface area (TPSA) is 109 Å². The van der Waals surface area contributed by atoms with Gasteiger partial charge in [-0.15, -0.1) is 5.10 Å². The maximum Gasteiger partial charge on any atom is 0.340 e. The second-order valence-corrected chi connectivity index (χ2v) is 4.60. The zero-order valence-electron chi connectivity index (χ0n) is 11.2. The maximum absolute atomic E-state index is 11.7. The molecule has 0 unspecified atom stereocenters. The number of rotatable bonds is 5. The quantitative estimate of drug-likeness (QED) is 0.714. The molecule has 2 aromatic heterocycles. The van der Waals surface area contributed by atoms with E-state index in [1.54, 1.807) is 12.1 Å². The van der Waals surface area contributed by atoms with E-state index in [0.717, 1.165) is 11.8 Å². The van der Waals surface area contributed by atoms with Crippen molar-refractivity contribution >= 4 is 23.7 Å². The van der Waals surface area contributed by atoms with Crippen LogP contribution in [-0.4, -0.2) is 51.3 Å². The Balaban J connectivity index is 2.25. The number of ether oxygens (including phenoxy) is 2. The number of carbonyl (C=O) groups is 2. The largest absolute Gasteiger partial charge is 0.468 e. The van der Waals surface area contributed by atoms with Gasteiger partial charge in [0.15, 0.2) is 0 Å². The molecule has 0 saturated carbocycles. The second kappa shape index (κ2) is 6.79. The monoisotopic (exact) mass is 309 g/mol. The maximum atomic E-state index is 11.7. The van der Waals surface area contributed by atoms with Gasteiger partial charge < -0.3 is 9.47 Å². The average molecular weight is 309 g/mol. The van der Waals surface area contributed by atoms with Crippen LogP contribution in [0.15, 0.2) is 28.5 Å². The van der Waals surface area contributed by atoms with Crippen molar-refractivity contribution in [3.05, 3.63) is 23.9 Å². The predicted octanol–water partition coefficient (Wildman–Crippen LogP) is 0.179. The number of carbonyl (C=O) groups excluding carboxylic acids is 2. The first-order valence-corrected chi connectivity index (χ1v) is 6.51. The lowest BCUT2D eigenvalue weighted by Gasteiger charge is -2.06. The van der Waals surface area contributed by atoms with Crippen LogP contribution in [0.25, 0.3) is 0 Å². The first-order valence-electron chi connectivity index (χ1n) is 5.70. The van der Waals surface area contributed by atoms with Crippen molar-refractivity contribution in [2.75, 3.05) is 14.2 Å². The molecule has 0 fully saturated rings. The molecule has 0 spiro atoms. The van der Waals surface area contributed by atoms with E-state index < -0.39 is 11.9 Å². The number of hydrogen-bond acceptors (Lipinski definition) is 9. The summed E-state index contributed by atoms with van der Waals surface area (Å²) in [6, 6.07) is 3.20. The number of tetrazole rings is 1. The van der Waals surface area contributed by atoms with Gasteiger partial charge in [0.25, 0.3) is 0 Å². The molecule has 0 atom stereocenters. The van der Waals surface area contributed by atoms with Crippen molar-refractivity contribution < 1.29 is 19.1 Å². The van der Waals surface area contributed by atoms with Gasteiger partial charge in [0, 0.05) is 6.20 Å². The zero-order valence-corrected chi connectivity index (χ0v) is 12.0. The lowest BCUT2D eigenvalue weighted by atomic mass is 10.3. The van der Waals surface area contributed by atoms with Crippen LogP contribution in [0.1, 0.15) is 10.4 Å². The minimum atomic E-state index is -0.516. The van der Waals surface area contributed by atoms with Gasteiger partial charge in [-0.2, -0.15) is 0 Å².